The molecule has 1 aliphatic carbocycles. The Morgan fingerprint density at radius 3 is 2.07 bits per heavy atom. The number of esters is 1. The number of methoxy groups -OCH3 is 1. The predicted octanol–water partition coefficient (Wildman–Crippen LogP) is 6.16. The van der Waals surface area contributed by atoms with E-state index in [9.17, 15) is 4.79 Å². The largest absolute Gasteiger partial charge is 0.497 e. The minimum absolute atomic E-state index is 0.00207. The van der Waals surface area contributed by atoms with Gasteiger partial charge in [-0.05, 0) is 93.8 Å². The van der Waals surface area contributed by atoms with E-state index in [1.807, 2.05) is 24.3 Å². The smallest absolute Gasteiger partial charge is 0.331 e. The molecule has 2 aromatic rings. The Balaban J connectivity index is 1.45. The Bertz CT molecular complexity index is 836. The van der Waals surface area contributed by atoms with Crippen molar-refractivity contribution in [1.82, 2.24) is 0 Å². The van der Waals surface area contributed by atoms with Crippen LogP contribution in [0.15, 0.2) is 54.6 Å². The molecule has 30 heavy (non-hydrogen) atoms. The van der Waals surface area contributed by atoms with Gasteiger partial charge >= 0.3 is 5.97 Å². The number of ether oxygens (including phenoxy) is 3. The zero-order chi connectivity index (χ0) is 21.6. The molecule has 0 heterocycles. The fourth-order valence-electron chi connectivity index (χ4n) is 3.76. The molecule has 0 aromatic heterocycles. The second-order valence-corrected chi connectivity index (χ2v) is 8.80. The number of hydrogen-bond donors (Lipinski definition) is 0. The summed E-state index contributed by atoms with van der Waals surface area (Å²) in [6, 6.07) is 16.0. The number of hydrogen-bond acceptors (Lipinski definition) is 4. The van der Waals surface area contributed by atoms with Gasteiger partial charge in [-0.1, -0.05) is 24.3 Å². The van der Waals surface area contributed by atoms with E-state index in [4.69, 9.17) is 14.2 Å². The third-order valence-corrected chi connectivity index (χ3v) is 5.26. The molecule has 0 atom stereocenters. The molecule has 0 aliphatic heterocycles. The highest BCUT2D eigenvalue weighted by atomic mass is 16.5. The lowest BCUT2D eigenvalue weighted by Crippen LogP contribution is -2.23. The van der Waals surface area contributed by atoms with Crippen LogP contribution < -0.4 is 9.47 Å². The molecule has 0 radical (unpaired) electrons. The third kappa shape index (κ3) is 6.65. The minimum Gasteiger partial charge on any atom is -0.497 e. The summed E-state index contributed by atoms with van der Waals surface area (Å²) in [4.78, 5) is 12.2. The molecule has 4 heteroatoms. The summed E-state index contributed by atoms with van der Waals surface area (Å²) >= 11 is 0. The van der Waals surface area contributed by atoms with E-state index in [-0.39, 0.29) is 17.7 Å². The molecule has 0 saturated heterocycles. The first-order chi connectivity index (χ1) is 14.3. The summed E-state index contributed by atoms with van der Waals surface area (Å²) in [5.74, 6) is 1.93. The first-order valence-electron chi connectivity index (χ1n) is 10.6. The lowest BCUT2D eigenvalue weighted by molar-refractivity contribution is -0.144. The van der Waals surface area contributed by atoms with E-state index < -0.39 is 0 Å². The Labute approximate surface area is 179 Å². The van der Waals surface area contributed by atoms with Gasteiger partial charge in [0.1, 0.15) is 23.2 Å². The molecule has 4 nitrogen and oxygen atoms in total. The van der Waals surface area contributed by atoms with Crippen LogP contribution in [0.1, 0.15) is 63.5 Å². The van der Waals surface area contributed by atoms with Gasteiger partial charge < -0.3 is 14.2 Å². The maximum Gasteiger partial charge on any atom is 0.331 e. The van der Waals surface area contributed by atoms with Gasteiger partial charge in [0.2, 0.25) is 0 Å². The highest BCUT2D eigenvalue weighted by molar-refractivity contribution is 5.87. The van der Waals surface area contributed by atoms with Crippen LogP contribution >= 0.6 is 0 Å². The van der Waals surface area contributed by atoms with Crippen LogP contribution in [0.3, 0.4) is 0 Å². The quantitative estimate of drug-likeness (QED) is 0.424. The van der Waals surface area contributed by atoms with Crippen LogP contribution in [-0.2, 0) is 9.53 Å². The second kappa shape index (κ2) is 9.84. The summed E-state index contributed by atoms with van der Waals surface area (Å²) in [5, 5.41) is 0. The molecule has 1 aliphatic rings. The number of carbonyl (C=O) groups is 1. The molecule has 3 rings (SSSR count). The molecule has 0 unspecified atom stereocenters. The number of benzene rings is 2. The van der Waals surface area contributed by atoms with Crippen molar-refractivity contribution < 1.29 is 19.0 Å². The SMILES string of the molecule is COc1ccc(/C=C/C(=O)OC2CCC(c3ccc(OC(C)(C)C)cc3)CC2)cc1. The van der Waals surface area contributed by atoms with Crippen molar-refractivity contribution >= 4 is 12.0 Å². The zero-order valence-electron chi connectivity index (χ0n) is 18.4. The average molecular weight is 409 g/mol. The predicted molar refractivity (Wildman–Crippen MR) is 120 cm³/mol. The summed E-state index contributed by atoms with van der Waals surface area (Å²) in [5.41, 5.74) is 2.08. The maximum atomic E-state index is 12.2. The van der Waals surface area contributed by atoms with Crippen molar-refractivity contribution in [3.8, 4) is 11.5 Å². The summed E-state index contributed by atoms with van der Waals surface area (Å²) in [6.07, 6.45) is 7.12. The van der Waals surface area contributed by atoms with Gasteiger partial charge in [0.25, 0.3) is 0 Å². The Morgan fingerprint density at radius 1 is 0.900 bits per heavy atom. The van der Waals surface area contributed by atoms with Crippen molar-refractivity contribution in [3.63, 3.8) is 0 Å². The topological polar surface area (TPSA) is 44.8 Å². The first kappa shape index (κ1) is 21.9. The van der Waals surface area contributed by atoms with E-state index in [0.29, 0.717) is 5.92 Å². The average Bonchev–Trinajstić information content (AvgIpc) is 2.73. The second-order valence-electron chi connectivity index (χ2n) is 8.80. The molecule has 2 aromatic carbocycles. The van der Waals surface area contributed by atoms with Crippen molar-refractivity contribution in [2.24, 2.45) is 0 Å². The fourth-order valence-corrected chi connectivity index (χ4v) is 3.76. The molecule has 1 saturated carbocycles. The van der Waals surface area contributed by atoms with Crippen molar-refractivity contribution in [1.29, 1.82) is 0 Å². The van der Waals surface area contributed by atoms with Gasteiger partial charge in [0.15, 0.2) is 0 Å². The summed E-state index contributed by atoms with van der Waals surface area (Å²) in [7, 11) is 1.63. The van der Waals surface area contributed by atoms with Gasteiger partial charge in [0.05, 0.1) is 7.11 Å². The normalized spacial score (nSPS) is 19.5. The lowest BCUT2D eigenvalue weighted by Gasteiger charge is -2.28. The first-order valence-corrected chi connectivity index (χ1v) is 10.6. The van der Waals surface area contributed by atoms with Crippen molar-refractivity contribution in [3.05, 3.63) is 65.7 Å². The van der Waals surface area contributed by atoms with Gasteiger partial charge in [0, 0.05) is 6.08 Å². The Hall–Kier alpha value is -2.75. The zero-order valence-corrected chi connectivity index (χ0v) is 18.4. The van der Waals surface area contributed by atoms with Gasteiger partial charge in [-0.15, -0.1) is 0 Å². The van der Waals surface area contributed by atoms with E-state index in [2.05, 4.69) is 45.0 Å². The van der Waals surface area contributed by atoms with Crippen LogP contribution in [0.5, 0.6) is 11.5 Å². The lowest BCUT2D eigenvalue weighted by atomic mass is 9.83. The summed E-state index contributed by atoms with van der Waals surface area (Å²) in [6.45, 7) is 6.15. The van der Waals surface area contributed by atoms with Crippen LogP contribution in [0, 0.1) is 0 Å². The molecule has 160 valence electrons. The highest BCUT2D eigenvalue weighted by Crippen LogP contribution is 2.35. The monoisotopic (exact) mass is 408 g/mol. The Kier molecular flexibility index (Phi) is 7.20. The van der Waals surface area contributed by atoms with Crippen molar-refractivity contribution in [2.75, 3.05) is 7.11 Å². The number of carbonyl (C=O) groups excluding carboxylic acids is 1. The van der Waals surface area contributed by atoms with Crippen LogP contribution in [0.25, 0.3) is 6.08 Å². The van der Waals surface area contributed by atoms with E-state index >= 15 is 0 Å². The molecular formula is C26H32O4. The highest BCUT2D eigenvalue weighted by Gasteiger charge is 2.24. The fraction of sp³-hybridized carbons (Fsp3) is 0.423. The Morgan fingerprint density at radius 2 is 1.50 bits per heavy atom. The van der Waals surface area contributed by atoms with Crippen LogP contribution in [0.4, 0.5) is 0 Å². The van der Waals surface area contributed by atoms with E-state index in [0.717, 1.165) is 42.7 Å². The molecule has 0 spiro atoms. The molecule has 1 fully saturated rings. The van der Waals surface area contributed by atoms with Crippen LogP contribution in [0.2, 0.25) is 0 Å². The standard InChI is InChI=1S/C26H32O4/c1-26(2,3)30-24-16-10-21(11-17-24)20-8-14-23(15-9-20)29-25(27)18-7-19-5-12-22(28-4)13-6-19/h5-7,10-13,16-18,20,23H,8-9,14-15H2,1-4H3/b18-7+. The molecule has 0 bridgehead atoms. The van der Waals surface area contributed by atoms with Crippen LogP contribution in [-0.4, -0.2) is 24.8 Å². The van der Waals surface area contributed by atoms with Gasteiger partial charge in [-0.3, -0.25) is 0 Å². The summed E-state index contributed by atoms with van der Waals surface area (Å²) < 4.78 is 16.7. The molecular weight excluding hydrogens is 376 g/mol. The minimum atomic E-state index is -0.280. The van der Waals surface area contributed by atoms with Gasteiger partial charge in [-0.2, -0.15) is 0 Å². The maximum absolute atomic E-state index is 12.2. The van der Waals surface area contributed by atoms with E-state index in [1.54, 1.807) is 13.2 Å². The third-order valence-electron chi connectivity index (χ3n) is 5.26. The van der Waals surface area contributed by atoms with E-state index in [1.165, 1.54) is 11.6 Å². The molecule has 0 N–H and O–H groups in total. The number of rotatable bonds is 6. The van der Waals surface area contributed by atoms with Crippen molar-refractivity contribution in [2.45, 2.75) is 64.1 Å². The van der Waals surface area contributed by atoms with Gasteiger partial charge in [-0.25, -0.2) is 4.79 Å². The molecule has 0 amide bonds.